The van der Waals surface area contributed by atoms with E-state index in [1.165, 1.54) is 0 Å². The molecule has 0 aliphatic heterocycles. The molecule has 1 aromatic heterocycles. The van der Waals surface area contributed by atoms with Crippen molar-refractivity contribution in [2.45, 2.75) is 31.4 Å². The van der Waals surface area contributed by atoms with Gasteiger partial charge in [0.2, 0.25) is 5.89 Å². The van der Waals surface area contributed by atoms with Crippen LogP contribution in [0, 0.1) is 0 Å². The van der Waals surface area contributed by atoms with Crippen LogP contribution in [-0.4, -0.2) is 29.1 Å². The van der Waals surface area contributed by atoms with E-state index in [0.29, 0.717) is 6.42 Å². The Balaban J connectivity index is 2.44. The van der Waals surface area contributed by atoms with Crippen molar-refractivity contribution in [3.8, 4) is 0 Å². The van der Waals surface area contributed by atoms with Crippen molar-refractivity contribution >= 4 is 0 Å². The molecule has 1 heterocycles. The van der Waals surface area contributed by atoms with E-state index in [1.54, 1.807) is 6.08 Å². The van der Waals surface area contributed by atoms with Gasteiger partial charge in [0.25, 0.3) is 0 Å². The maximum atomic E-state index is 12.5. The van der Waals surface area contributed by atoms with Crippen LogP contribution in [-0.2, 0) is 11.3 Å². The average molecular weight is 283 g/mol. The van der Waals surface area contributed by atoms with Gasteiger partial charge in [-0.1, -0.05) is 11.2 Å². The number of nitrogens with zero attached hydrogens (tertiary/aromatic N) is 2. The van der Waals surface area contributed by atoms with Crippen molar-refractivity contribution in [1.82, 2.24) is 10.1 Å². The maximum Gasteiger partial charge on any atom is 0.330 e. The van der Waals surface area contributed by atoms with Gasteiger partial charge in [-0.15, -0.1) is 6.58 Å². The second-order valence-electron chi connectivity index (χ2n) is 3.73. The fraction of sp³-hybridized carbons (Fsp3) is 0.600. The lowest BCUT2D eigenvalue weighted by atomic mass is 10.2. The number of ether oxygens (including phenoxy) is 1. The monoisotopic (exact) mass is 283 g/mol. The van der Waals surface area contributed by atoms with Crippen LogP contribution in [0.4, 0.5) is 17.6 Å². The zero-order chi connectivity index (χ0) is 14.5. The molecule has 0 saturated carbocycles. The summed E-state index contributed by atoms with van der Waals surface area (Å²) >= 11 is 0. The molecule has 0 fully saturated rings. The summed E-state index contributed by atoms with van der Waals surface area (Å²) in [6.45, 7) is 1.59. The summed E-state index contributed by atoms with van der Waals surface area (Å²) < 4.78 is 57.9. The van der Waals surface area contributed by atoms with Crippen molar-refractivity contribution in [2.24, 2.45) is 5.73 Å². The second-order valence-corrected chi connectivity index (χ2v) is 3.73. The fourth-order valence-corrected chi connectivity index (χ4v) is 1.10. The highest BCUT2D eigenvalue weighted by Gasteiger charge is 2.41. The number of alkyl halides is 4. The van der Waals surface area contributed by atoms with Crippen molar-refractivity contribution < 1.29 is 26.8 Å². The van der Waals surface area contributed by atoms with Gasteiger partial charge in [-0.2, -0.15) is 13.8 Å². The molecule has 0 aromatic carbocycles. The van der Waals surface area contributed by atoms with E-state index in [0.717, 1.165) is 0 Å². The van der Waals surface area contributed by atoms with E-state index in [4.69, 9.17) is 10.3 Å². The molecule has 0 bridgehead atoms. The van der Waals surface area contributed by atoms with Gasteiger partial charge in [0.15, 0.2) is 5.82 Å². The quantitative estimate of drug-likeness (QED) is 0.584. The molecular weight excluding hydrogens is 270 g/mol. The van der Waals surface area contributed by atoms with Gasteiger partial charge in [0.1, 0.15) is 13.2 Å². The Morgan fingerprint density at radius 2 is 2.16 bits per heavy atom. The highest BCUT2D eigenvalue weighted by Crippen LogP contribution is 2.23. The Kier molecular flexibility index (Phi) is 5.43. The first-order chi connectivity index (χ1) is 8.86. The van der Waals surface area contributed by atoms with E-state index < -0.39 is 31.6 Å². The highest BCUT2D eigenvalue weighted by molar-refractivity contribution is 4.93. The van der Waals surface area contributed by atoms with Crippen molar-refractivity contribution in [1.29, 1.82) is 0 Å². The van der Waals surface area contributed by atoms with Gasteiger partial charge >= 0.3 is 12.3 Å². The predicted octanol–water partition coefficient (Wildman–Crippen LogP) is 2.06. The lowest BCUT2D eigenvalue weighted by Crippen LogP contribution is -2.32. The standard InChI is InChI=1S/C10H13F4N3O2/c1-2-3-6(15)8-16-7(17-19-8)4-18-5-10(13,14)9(11)12/h2,6,9H,1,3-5,15H2. The van der Waals surface area contributed by atoms with Crippen LogP contribution in [0.5, 0.6) is 0 Å². The number of rotatable bonds is 8. The molecule has 19 heavy (non-hydrogen) atoms. The average Bonchev–Trinajstić information content (AvgIpc) is 2.77. The van der Waals surface area contributed by atoms with Crippen LogP contribution < -0.4 is 5.73 Å². The molecular formula is C10H13F4N3O2. The van der Waals surface area contributed by atoms with Crippen LogP contribution in [0.2, 0.25) is 0 Å². The van der Waals surface area contributed by atoms with Gasteiger partial charge in [-0.25, -0.2) is 8.78 Å². The summed E-state index contributed by atoms with van der Waals surface area (Å²) in [6.07, 6.45) is -1.84. The molecule has 0 aliphatic rings. The maximum absolute atomic E-state index is 12.5. The molecule has 0 amide bonds. The lowest BCUT2D eigenvalue weighted by molar-refractivity contribution is -0.168. The van der Waals surface area contributed by atoms with Gasteiger partial charge in [0.05, 0.1) is 6.04 Å². The molecule has 0 saturated heterocycles. The highest BCUT2D eigenvalue weighted by atomic mass is 19.3. The number of hydrogen-bond acceptors (Lipinski definition) is 5. The number of halogens is 4. The smallest absolute Gasteiger partial charge is 0.330 e. The Morgan fingerprint density at radius 1 is 1.47 bits per heavy atom. The Labute approximate surface area is 106 Å². The van der Waals surface area contributed by atoms with Crippen LogP contribution in [0.3, 0.4) is 0 Å². The van der Waals surface area contributed by atoms with E-state index >= 15 is 0 Å². The summed E-state index contributed by atoms with van der Waals surface area (Å²) in [5, 5.41) is 3.43. The largest absolute Gasteiger partial charge is 0.367 e. The van der Waals surface area contributed by atoms with Crippen LogP contribution in [0.15, 0.2) is 17.2 Å². The topological polar surface area (TPSA) is 74.2 Å². The SMILES string of the molecule is C=CCC(N)c1nc(COCC(F)(F)C(F)F)no1. The number of aromatic nitrogens is 2. The van der Waals surface area contributed by atoms with Crippen molar-refractivity contribution in [3.63, 3.8) is 0 Å². The number of hydrogen-bond donors (Lipinski definition) is 1. The molecule has 1 aromatic rings. The zero-order valence-electron chi connectivity index (χ0n) is 9.86. The van der Waals surface area contributed by atoms with Gasteiger partial charge < -0.3 is 15.0 Å². The van der Waals surface area contributed by atoms with Crippen molar-refractivity contribution in [3.05, 3.63) is 24.4 Å². The molecule has 1 unspecified atom stereocenters. The van der Waals surface area contributed by atoms with Gasteiger partial charge in [-0.3, -0.25) is 0 Å². The summed E-state index contributed by atoms with van der Waals surface area (Å²) in [4.78, 5) is 3.79. The molecule has 2 N–H and O–H groups in total. The molecule has 9 heteroatoms. The van der Waals surface area contributed by atoms with E-state index in [-0.39, 0.29) is 11.7 Å². The summed E-state index contributed by atoms with van der Waals surface area (Å²) in [5.74, 6) is -4.15. The van der Waals surface area contributed by atoms with E-state index in [9.17, 15) is 17.6 Å². The third kappa shape index (κ3) is 4.60. The Hall–Kier alpha value is -1.48. The molecule has 108 valence electrons. The molecule has 0 aliphatic carbocycles. The van der Waals surface area contributed by atoms with Crippen molar-refractivity contribution in [2.75, 3.05) is 6.61 Å². The molecule has 0 spiro atoms. The first-order valence-corrected chi connectivity index (χ1v) is 5.29. The molecule has 1 atom stereocenters. The van der Waals surface area contributed by atoms with Gasteiger partial charge in [0, 0.05) is 0 Å². The molecule has 0 radical (unpaired) electrons. The van der Waals surface area contributed by atoms with E-state index in [2.05, 4.69) is 21.5 Å². The summed E-state index contributed by atoms with van der Waals surface area (Å²) in [5.41, 5.74) is 5.63. The fourth-order valence-electron chi connectivity index (χ4n) is 1.10. The van der Waals surface area contributed by atoms with Crippen LogP contribution in [0.1, 0.15) is 24.2 Å². The Bertz CT molecular complexity index is 411. The minimum absolute atomic E-state index is 0.0421. The minimum atomic E-state index is -4.20. The molecule has 5 nitrogen and oxygen atoms in total. The number of nitrogens with two attached hydrogens (primary N) is 1. The first kappa shape index (κ1) is 15.6. The Morgan fingerprint density at radius 3 is 2.74 bits per heavy atom. The third-order valence-corrected chi connectivity index (χ3v) is 2.07. The minimum Gasteiger partial charge on any atom is -0.367 e. The third-order valence-electron chi connectivity index (χ3n) is 2.07. The lowest BCUT2D eigenvalue weighted by Gasteiger charge is -2.14. The molecule has 1 rings (SSSR count). The second kappa shape index (κ2) is 6.62. The normalized spacial score (nSPS) is 13.8. The van der Waals surface area contributed by atoms with Gasteiger partial charge in [-0.05, 0) is 6.42 Å². The summed E-state index contributed by atoms with van der Waals surface area (Å²) in [6, 6.07) is -0.554. The zero-order valence-corrected chi connectivity index (χ0v) is 9.86. The predicted molar refractivity (Wildman–Crippen MR) is 56.6 cm³/mol. The van der Waals surface area contributed by atoms with Crippen LogP contribution in [0.25, 0.3) is 0 Å². The summed E-state index contributed by atoms with van der Waals surface area (Å²) in [7, 11) is 0. The first-order valence-electron chi connectivity index (χ1n) is 5.29. The van der Waals surface area contributed by atoms with Crippen LogP contribution >= 0.6 is 0 Å². The van der Waals surface area contributed by atoms with E-state index in [1.807, 2.05) is 0 Å².